The van der Waals surface area contributed by atoms with Crippen LogP contribution >= 0.6 is 0 Å². The van der Waals surface area contributed by atoms with Gasteiger partial charge in [-0.05, 0) is 65.0 Å². The van der Waals surface area contributed by atoms with Crippen molar-refractivity contribution in [3.05, 3.63) is 36.0 Å². The first kappa shape index (κ1) is 32.7. The summed E-state index contributed by atoms with van der Waals surface area (Å²) in [5.41, 5.74) is 6.08. The van der Waals surface area contributed by atoms with Gasteiger partial charge in [-0.3, -0.25) is 19.2 Å². The largest absolute Gasteiger partial charge is 0.444 e. The van der Waals surface area contributed by atoms with Gasteiger partial charge < -0.3 is 46.5 Å². The van der Waals surface area contributed by atoms with Crippen LogP contribution in [-0.2, 0) is 30.3 Å². The second-order valence-electron chi connectivity index (χ2n) is 12.7. The van der Waals surface area contributed by atoms with Crippen molar-refractivity contribution in [1.29, 1.82) is 0 Å². The molecule has 44 heavy (non-hydrogen) atoms. The fourth-order valence-corrected chi connectivity index (χ4v) is 5.67. The Balaban J connectivity index is 1.56. The Hall–Kier alpha value is -4.17. The summed E-state index contributed by atoms with van der Waals surface area (Å²) in [6.45, 7) is 7.65. The summed E-state index contributed by atoms with van der Waals surface area (Å²) >= 11 is 0. The van der Waals surface area contributed by atoms with E-state index in [1.54, 1.807) is 27.0 Å². The second kappa shape index (κ2) is 12.8. The van der Waals surface area contributed by atoms with Crippen LogP contribution in [-0.4, -0.2) is 97.8 Å². The molecule has 0 radical (unpaired) electrons. The number of carbonyl (C=O) groups excluding carboxylic acids is 5. The molecule has 2 aliphatic rings. The summed E-state index contributed by atoms with van der Waals surface area (Å²) in [5.74, 6) is -2.89. The van der Waals surface area contributed by atoms with Crippen molar-refractivity contribution >= 4 is 40.6 Å². The van der Waals surface area contributed by atoms with Gasteiger partial charge in [0.2, 0.25) is 23.6 Å². The molecular weight excluding hydrogens is 572 g/mol. The Morgan fingerprint density at radius 1 is 1.02 bits per heavy atom. The minimum absolute atomic E-state index is 0.0247. The Labute approximate surface area is 255 Å². The summed E-state index contributed by atoms with van der Waals surface area (Å²) in [5, 5.41) is 28.8. The highest BCUT2D eigenvalue weighted by molar-refractivity contribution is 5.96. The minimum Gasteiger partial charge on any atom is -0.444 e. The van der Waals surface area contributed by atoms with Gasteiger partial charge in [0.1, 0.15) is 29.8 Å². The molecule has 2 aromatic rings. The molecule has 8 atom stereocenters. The third-order valence-corrected chi connectivity index (χ3v) is 7.90. The molecule has 0 spiro atoms. The molecule has 2 heterocycles. The molecule has 5 amide bonds. The number of fused-ring (bicyclic) bond motifs is 2. The van der Waals surface area contributed by atoms with Crippen molar-refractivity contribution in [3.63, 3.8) is 0 Å². The van der Waals surface area contributed by atoms with Crippen LogP contribution < -0.4 is 21.7 Å². The van der Waals surface area contributed by atoms with Crippen LogP contribution in [0.1, 0.15) is 53.0 Å². The smallest absolute Gasteiger partial charge is 0.408 e. The average Bonchev–Trinajstić information content (AvgIpc) is 3.40. The van der Waals surface area contributed by atoms with E-state index in [0.717, 1.165) is 10.9 Å². The van der Waals surface area contributed by atoms with Gasteiger partial charge in [0.25, 0.3) is 0 Å². The first-order valence-corrected chi connectivity index (χ1v) is 14.7. The number of H-pyrrole nitrogens is 1. The van der Waals surface area contributed by atoms with Crippen LogP contribution in [0.5, 0.6) is 0 Å². The number of piperidine rings is 1. The zero-order valence-electron chi connectivity index (χ0n) is 25.5. The number of para-hydroxylation sites is 1. The summed E-state index contributed by atoms with van der Waals surface area (Å²) in [7, 11) is 0. The maximum Gasteiger partial charge on any atom is 0.408 e. The maximum absolute atomic E-state index is 13.8. The molecule has 4 rings (SSSR count). The zero-order chi connectivity index (χ0) is 32.5. The number of alkyl carbamates (subject to hydrolysis) is 1. The lowest BCUT2D eigenvalue weighted by Crippen LogP contribution is -2.61. The number of primary amides is 1. The Morgan fingerprint density at radius 2 is 1.68 bits per heavy atom. The molecule has 14 nitrogen and oxygen atoms in total. The van der Waals surface area contributed by atoms with Crippen LogP contribution in [0, 0.1) is 5.92 Å². The SMILES string of the molecule is C[C@@H](O)[C@H](NC(=O)[C@H](Cc1c[nH]c2ccccc12)NC(=O)[C@@H]1C[C@@H]2C[C@@H]2N1C(=O)[C@@H](NC(=O)OC(C)(C)C)[C@@H](C)O)C(N)=O. The van der Waals surface area contributed by atoms with Gasteiger partial charge in [0, 0.05) is 29.6 Å². The normalized spacial score (nSPS) is 22.6. The van der Waals surface area contributed by atoms with E-state index in [1.807, 2.05) is 24.3 Å². The molecule has 1 saturated carbocycles. The Bertz CT molecular complexity index is 1420. The molecule has 1 aromatic carbocycles. The first-order valence-electron chi connectivity index (χ1n) is 14.7. The number of rotatable bonds is 11. The molecule has 8 N–H and O–H groups in total. The van der Waals surface area contributed by atoms with Crippen molar-refractivity contribution in [2.24, 2.45) is 11.7 Å². The number of nitrogens with zero attached hydrogens (tertiary/aromatic N) is 1. The van der Waals surface area contributed by atoms with Gasteiger partial charge in [0.05, 0.1) is 12.2 Å². The van der Waals surface area contributed by atoms with E-state index in [0.29, 0.717) is 18.4 Å². The van der Waals surface area contributed by atoms with E-state index in [1.165, 1.54) is 18.7 Å². The van der Waals surface area contributed by atoms with Gasteiger partial charge in [-0.1, -0.05) is 18.2 Å². The highest BCUT2D eigenvalue weighted by atomic mass is 16.6. The summed E-state index contributed by atoms with van der Waals surface area (Å²) in [4.78, 5) is 69.8. The van der Waals surface area contributed by atoms with Crippen molar-refractivity contribution in [1.82, 2.24) is 25.8 Å². The molecule has 0 bridgehead atoms. The zero-order valence-corrected chi connectivity index (χ0v) is 25.5. The van der Waals surface area contributed by atoms with Crippen molar-refractivity contribution in [3.8, 4) is 0 Å². The van der Waals surface area contributed by atoms with Crippen LogP contribution in [0.3, 0.4) is 0 Å². The summed E-state index contributed by atoms with van der Waals surface area (Å²) in [6.07, 6.45) is -0.719. The average molecular weight is 615 g/mol. The number of benzene rings is 1. The van der Waals surface area contributed by atoms with Crippen LogP contribution in [0.15, 0.2) is 30.5 Å². The van der Waals surface area contributed by atoms with Crippen molar-refractivity contribution < 1.29 is 38.9 Å². The monoisotopic (exact) mass is 614 g/mol. The number of hydrogen-bond acceptors (Lipinski definition) is 8. The maximum atomic E-state index is 13.8. The number of aromatic nitrogens is 1. The molecule has 0 unspecified atom stereocenters. The van der Waals surface area contributed by atoms with Gasteiger partial charge >= 0.3 is 6.09 Å². The van der Waals surface area contributed by atoms with Crippen molar-refractivity contribution in [2.75, 3.05) is 0 Å². The number of aliphatic hydroxyl groups excluding tert-OH is 2. The lowest BCUT2D eigenvalue weighted by atomic mass is 10.0. The van der Waals surface area contributed by atoms with Gasteiger partial charge in [-0.25, -0.2) is 4.79 Å². The molecule has 1 saturated heterocycles. The molecule has 14 heteroatoms. The predicted molar refractivity (Wildman–Crippen MR) is 159 cm³/mol. The highest BCUT2D eigenvalue weighted by Crippen LogP contribution is 2.48. The van der Waals surface area contributed by atoms with E-state index in [2.05, 4.69) is 20.9 Å². The van der Waals surface area contributed by atoms with Crippen molar-refractivity contribution in [2.45, 2.75) is 102 Å². The third kappa shape index (κ3) is 7.48. The number of likely N-dealkylation sites (tertiary alicyclic amines) is 1. The van der Waals surface area contributed by atoms with E-state index >= 15 is 0 Å². The number of amides is 5. The Morgan fingerprint density at radius 3 is 2.30 bits per heavy atom. The molecule has 1 aromatic heterocycles. The quantitative estimate of drug-likeness (QED) is 0.180. The number of carbonyl (C=O) groups is 5. The second-order valence-corrected chi connectivity index (χ2v) is 12.7. The number of aliphatic hydroxyl groups is 2. The number of hydrogen-bond donors (Lipinski definition) is 7. The van der Waals surface area contributed by atoms with Crippen LogP contribution in [0.25, 0.3) is 10.9 Å². The highest BCUT2D eigenvalue weighted by Gasteiger charge is 2.57. The number of ether oxygens (including phenoxy) is 1. The predicted octanol–water partition coefficient (Wildman–Crippen LogP) is -0.190. The summed E-state index contributed by atoms with van der Waals surface area (Å²) < 4.78 is 5.26. The lowest BCUT2D eigenvalue weighted by Gasteiger charge is -2.33. The molecule has 1 aliphatic carbocycles. The lowest BCUT2D eigenvalue weighted by molar-refractivity contribution is -0.144. The van der Waals surface area contributed by atoms with Gasteiger partial charge in [-0.15, -0.1) is 0 Å². The minimum atomic E-state index is -1.40. The molecule has 1 aliphatic heterocycles. The van der Waals surface area contributed by atoms with E-state index < -0.39 is 71.7 Å². The van der Waals surface area contributed by atoms with Crippen LogP contribution in [0.2, 0.25) is 0 Å². The topological polar surface area (TPSA) is 216 Å². The first-order chi connectivity index (χ1) is 20.6. The number of nitrogens with one attached hydrogen (secondary N) is 4. The van der Waals surface area contributed by atoms with Crippen LogP contribution in [0.4, 0.5) is 4.79 Å². The van der Waals surface area contributed by atoms with E-state index in [4.69, 9.17) is 10.5 Å². The number of nitrogens with two attached hydrogens (primary N) is 1. The van der Waals surface area contributed by atoms with E-state index in [-0.39, 0.29) is 18.4 Å². The number of aromatic amines is 1. The molecule has 240 valence electrons. The fourth-order valence-electron chi connectivity index (χ4n) is 5.67. The Kier molecular flexibility index (Phi) is 9.54. The molecule has 2 fully saturated rings. The van der Waals surface area contributed by atoms with Gasteiger partial charge in [-0.2, -0.15) is 0 Å². The van der Waals surface area contributed by atoms with E-state index in [9.17, 15) is 34.2 Å². The summed E-state index contributed by atoms with van der Waals surface area (Å²) in [6, 6.07) is 2.21. The third-order valence-electron chi connectivity index (χ3n) is 7.90. The molecular formula is C30H42N6O8. The fraction of sp³-hybridized carbons (Fsp3) is 0.567. The standard InChI is InChI=1S/C30H42N6O8/c1-14(37)23(25(31)39)34-26(40)20(10-17-13-32-19-9-7-6-8-18(17)19)33-27(41)22-12-16-11-21(16)36(22)28(42)24(15(2)38)35-29(43)44-30(3,4)5/h6-9,13-16,20-24,32,37-38H,10-12H2,1-5H3,(H2,31,39)(H,33,41)(H,34,40)(H,35,43)/t14-,15-,16+,20+,21+,22+,23+,24+/m1/s1. The van der Waals surface area contributed by atoms with Gasteiger partial charge in [0.15, 0.2) is 0 Å².